The molecule has 1 aromatic carbocycles. The van der Waals surface area contributed by atoms with Crippen LogP contribution in [0.15, 0.2) is 30.5 Å². The van der Waals surface area contributed by atoms with E-state index in [1.54, 1.807) is 6.20 Å². The molecular formula is C13H14FN3. The Bertz CT molecular complexity index is 506. The van der Waals surface area contributed by atoms with E-state index < -0.39 is 0 Å². The highest BCUT2D eigenvalue weighted by Crippen LogP contribution is 2.13. The largest absolute Gasteiger partial charge is 0.379 e. The van der Waals surface area contributed by atoms with Gasteiger partial charge in [0.25, 0.3) is 0 Å². The van der Waals surface area contributed by atoms with E-state index in [0.717, 1.165) is 22.8 Å². The number of nitrogens with one attached hydrogen (secondary N) is 1. The highest BCUT2D eigenvalue weighted by atomic mass is 19.1. The number of hydrogen-bond acceptors (Lipinski definition) is 3. The molecule has 0 spiro atoms. The predicted molar refractivity (Wildman–Crippen MR) is 65.2 cm³/mol. The molecule has 0 unspecified atom stereocenters. The van der Waals surface area contributed by atoms with Gasteiger partial charge in [-0.2, -0.15) is 0 Å². The fraction of sp³-hybridized carbons (Fsp3) is 0.231. The summed E-state index contributed by atoms with van der Waals surface area (Å²) >= 11 is 0. The Kier molecular flexibility index (Phi) is 3.32. The van der Waals surface area contributed by atoms with Crippen LogP contribution in [0.25, 0.3) is 0 Å². The maximum Gasteiger partial charge on any atom is 0.125 e. The molecule has 0 bridgehead atoms. The summed E-state index contributed by atoms with van der Waals surface area (Å²) in [4.78, 5) is 8.29. The van der Waals surface area contributed by atoms with E-state index in [4.69, 9.17) is 0 Å². The van der Waals surface area contributed by atoms with Crippen LogP contribution in [-0.4, -0.2) is 9.97 Å². The first-order chi connectivity index (χ1) is 8.13. The van der Waals surface area contributed by atoms with E-state index in [1.165, 1.54) is 12.1 Å². The molecule has 0 atom stereocenters. The van der Waals surface area contributed by atoms with Crippen molar-refractivity contribution in [1.29, 1.82) is 0 Å². The van der Waals surface area contributed by atoms with Crippen LogP contribution in [0.5, 0.6) is 0 Å². The van der Waals surface area contributed by atoms with Crippen LogP contribution in [0.3, 0.4) is 0 Å². The van der Waals surface area contributed by atoms with E-state index in [0.29, 0.717) is 6.54 Å². The first-order valence-corrected chi connectivity index (χ1v) is 5.43. The second-order valence-corrected chi connectivity index (χ2v) is 3.97. The minimum atomic E-state index is -0.230. The number of benzene rings is 1. The average Bonchev–Trinajstić information content (AvgIpc) is 2.25. The monoisotopic (exact) mass is 231 g/mol. The van der Waals surface area contributed by atoms with Crippen molar-refractivity contribution in [3.05, 3.63) is 53.4 Å². The molecular weight excluding hydrogens is 217 g/mol. The zero-order chi connectivity index (χ0) is 12.3. The smallest absolute Gasteiger partial charge is 0.125 e. The van der Waals surface area contributed by atoms with Crippen molar-refractivity contribution in [2.45, 2.75) is 20.4 Å². The van der Waals surface area contributed by atoms with Gasteiger partial charge in [-0.1, -0.05) is 0 Å². The number of aryl methyl sites for hydroxylation is 2. The van der Waals surface area contributed by atoms with Crippen molar-refractivity contribution in [1.82, 2.24) is 9.97 Å². The molecule has 4 heteroatoms. The van der Waals surface area contributed by atoms with Crippen molar-refractivity contribution < 1.29 is 4.39 Å². The zero-order valence-electron chi connectivity index (χ0n) is 9.87. The maximum atomic E-state index is 13.2. The lowest BCUT2D eigenvalue weighted by Crippen LogP contribution is -2.03. The highest BCUT2D eigenvalue weighted by Gasteiger charge is 1.99. The molecule has 0 aliphatic rings. The number of anilines is 1. The Labute approximate surface area is 99.7 Å². The molecule has 0 aliphatic heterocycles. The number of rotatable bonds is 3. The Morgan fingerprint density at radius 3 is 2.76 bits per heavy atom. The molecule has 0 saturated carbocycles. The van der Waals surface area contributed by atoms with E-state index in [2.05, 4.69) is 15.3 Å². The van der Waals surface area contributed by atoms with Crippen molar-refractivity contribution >= 4 is 5.69 Å². The molecule has 1 aromatic heterocycles. The van der Waals surface area contributed by atoms with Crippen LogP contribution in [0.1, 0.15) is 17.1 Å². The summed E-state index contributed by atoms with van der Waals surface area (Å²) in [6.45, 7) is 4.27. The van der Waals surface area contributed by atoms with E-state index in [-0.39, 0.29) is 5.82 Å². The quantitative estimate of drug-likeness (QED) is 0.882. The lowest BCUT2D eigenvalue weighted by atomic mass is 10.2. The average molecular weight is 231 g/mol. The molecule has 0 amide bonds. The summed E-state index contributed by atoms with van der Waals surface area (Å²) in [5.41, 5.74) is 2.55. The fourth-order valence-corrected chi connectivity index (χ4v) is 1.63. The SMILES string of the molecule is Cc1cc(F)cc(NCc2ccnc(C)n2)c1. The first kappa shape index (κ1) is 11.5. The summed E-state index contributed by atoms with van der Waals surface area (Å²) in [7, 11) is 0. The zero-order valence-corrected chi connectivity index (χ0v) is 9.87. The maximum absolute atomic E-state index is 13.2. The molecule has 3 nitrogen and oxygen atoms in total. The van der Waals surface area contributed by atoms with Crippen molar-refractivity contribution in [3.8, 4) is 0 Å². The lowest BCUT2D eigenvalue weighted by Gasteiger charge is -2.07. The minimum Gasteiger partial charge on any atom is -0.379 e. The molecule has 0 radical (unpaired) electrons. The molecule has 2 rings (SSSR count). The van der Waals surface area contributed by atoms with E-state index >= 15 is 0 Å². The molecule has 88 valence electrons. The van der Waals surface area contributed by atoms with Crippen molar-refractivity contribution in [2.24, 2.45) is 0 Å². The Hall–Kier alpha value is -1.97. The normalized spacial score (nSPS) is 10.3. The number of halogens is 1. The minimum absolute atomic E-state index is 0.230. The Morgan fingerprint density at radius 2 is 2.06 bits per heavy atom. The highest BCUT2D eigenvalue weighted by molar-refractivity contribution is 5.46. The first-order valence-electron chi connectivity index (χ1n) is 5.43. The number of nitrogens with zero attached hydrogens (tertiary/aromatic N) is 2. The van der Waals surface area contributed by atoms with Crippen LogP contribution in [0.4, 0.5) is 10.1 Å². The summed E-state index contributed by atoms with van der Waals surface area (Å²) in [6.07, 6.45) is 1.72. The Balaban J connectivity index is 2.07. The van der Waals surface area contributed by atoms with Gasteiger partial charge in [0.05, 0.1) is 12.2 Å². The molecule has 1 N–H and O–H groups in total. The summed E-state index contributed by atoms with van der Waals surface area (Å²) in [6, 6.07) is 6.71. The number of aromatic nitrogens is 2. The van der Waals surface area contributed by atoms with Gasteiger partial charge >= 0.3 is 0 Å². The van der Waals surface area contributed by atoms with Gasteiger partial charge < -0.3 is 5.32 Å². The topological polar surface area (TPSA) is 37.8 Å². The van der Waals surface area contributed by atoms with Crippen LogP contribution >= 0.6 is 0 Å². The van der Waals surface area contributed by atoms with Crippen LogP contribution in [0.2, 0.25) is 0 Å². The fourth-order valence-electron chi connectivity index (χ4n) is 1.63. The molecule has 1 heterocycles. The van der Waals surface area contributed by atoms with Gasteiger partial charge in [-0.25, -0.2) is 14.4 Å². The van der Waals surface area contributed by atoms with E-state index in [9.17, 15) is 4.39 Å². The predicted octanol–water partition coefficient (Wildman–Crippen LogP) is 2.84. The van der Waals surface area contributed by atoms with Gasteiger partial charge in [0.15, 0.2) is 0 Å². The molecule has 2 aromatic rings. The molecule has 0 fully saturated rings. The van der Waals surface area contributed by atoms with Gasteiger partial charge in [0, 0.05) is 11.9 Å². The van der Waals surface area contributed by atoms with Crippen LogP contribution in [-0.2, 0) is 6.54 Å². The van der Waals surface area contributed by atoms with Gasteiger partial charge in [0.1, 0.15) is 11.6 Å². The summed E-state index contributed by atoms with van der Waals surface area (Å²) in [5, 5.41) is 3.14. The molecule has 17 heavy (non-hydrogen) atoms. The summed E-state index contributed by atoms with van der Waals surface area (Å²) in [5.74, 6) is 0.506. The Morgan fingerprint density at radius 1 is 1.24 bits per heavy atom. The third kappa shape index (κ3) is 3.24. The van der Waals surface area contributed by atoms with Gasteiger partial charge in [-0.3, -0.25) is 0 Å². The lowest BCUT2D eigenvalue weighted by molar-refractivity contribution is 0.627. The van der Waals surface area contributed by atoms with Crippen LogP contribution in [0, 0.1) is 19.7 Å². The third-order valence-electron chi connectivity index (χ3n) is 2.35. The second-order valence-electron chi connectivity index (χ2n) is 3.97. The number of hydrogen-bond donors (Lipinski definition) is 1. The van der Waals surface area contributed by atoms with Gasteiger partial charge in [0.2, 0.25) is 0 Å². The van der Waals surface area contributed by atoms with Crippen LogP contribution < -0.4 is 5.32 Å². The third-order valence-corrected chi connectivity index (χ3v) is 2.35. The standard InChI is InChI=1S/C13H14FN3/c1-9-5-11(14)7-13(6-9)16-8-12-3-4-15-10(2)17-12/h3-7,16H,8H2,1-2H3. The van der Waals surface area contributed by atoms with Crippen molar-refractivity contribution in [3.63, 3.8) is 0 Å². The second kappa shape index (κ2) is 4.91. The van der Waals surface area contributed by atoms with E-state index in [1.807, 2.05) is 26.0 Å². The summed E-state index contributed by atoms with van der Waals surface area (Å²) < 4.78 is 13.2. The van der Waals surface area contributed by atoms with Gasteiger partial charge in [-0.05, 0) is 43.7 Å². The van der Waals surface area contributed by atoms with Crippen molar-refractivity contribution in [2.75, 3.05) is 5.32 Å². The molecule has 0 saturated heterocycles. The molecule has 0 aliphatic carbocycles. The van der Waals surface area contributed by atoms with Gasteiger partial charge in [-0.15, -0.1) is 0 Å².